The van der Waals surface area contributed by atoms with E-state index in [9.17, 15) is 0 Å². The van der Waals surface area contributed by atoms with E-state index < -0.39 is 0 Å². The molecule has 2 aromatic heterocycles. The molecule has 0 fully saturated rings. The van der Waals surface area contributed by atoms with E-state index >= 15 is 0 Å². The molecule has 4 heteroatoms. The van der Waals surface area contributed by atoms with Crippen LogP contribution in [-0.2, 0) is 21.7 Å². The Bertz CT molecular complexity index is 3840. The average Bonchev–Trinajstić information content (AvgIpc) is 3.96. The number of benzene rings is 8. The van der Waals surface area contributed by atoms with Gasteiger partial charge in [-0.05, 0) is 127 Å². The largest absolute Gasteiger partial charge is 0.455 e. The molecule has 336 valence electrons. The fraction of sp³-hybridized carbons (Fsp3) is 0.231. The van der Waals surface area contributed by atoms with Gasteiger partial charge in [0.1, 0.15) is 11.5 Å². The monoisotopic (exact) mass is 892 g/mol. The standard InChI is InChI=1S/C65H57BN2O/c1-62(2,3)40-24-26-41(27-25-40)68-56-37-53-52(63(4,5)30-31-64(53,6)7)33-46(56)43-28-29-44-47-32-51-45(42-22-16-17-23-50(42)65(51,8)9)35-55(47)67-57-36-49-48(34-54(57)66(68)58(43)59(44)67)60(38-18-12-10-13-19-38)69-61(49)39-20-14-11-15-21-39/h10-29,32-37H,30-31H2,1-9H3. The number of anilines is 2. The number of hydrogen-bond acceptors (Lipinski definition) is 2. The van der Waals surface area contributed by atoms with Gasteiger partial charge in [-0.25, -0.2) is 0 Å². The molecule has 8 aromatic carbocycles. The third-order valence-corrected chi connectivity index (χ3v) is 17.2. The molecule has 0 N–H and O–H groups in total. The Morgan fingerprint density at radius 2 is 1.12 bits per heavy atom. The molecule has 0 spiro atoms. The lowest BCUT2D eigenvalue weighted by Crippen LogP contribution is -2.60. The summed E-state index contributed by atoms with van der Waals surface area (Å²) in [7, 11) is 0. The molecular formula is C65H57BN2O. The third kappa shape index (κ3) is 5.52. The summed E-state index contributed by atoms with van der Waals surface area (Å²) >= 11 is 0. The summed E-state index contributed by atoms with van der Waals surface area (Å²) in [6.07, 6.45) is 2.32. The van der Waals surface area contributed by atoms with Crippen LogP contribution >= 0.6 is 0 Å². The van der Waals surface area contributed by atoms with Crippen molar-refractivity contribution in [3.8, 4) is 50.6 Å². The van der Waals surface area contributed by atoms with Crippen LogP contribution in [0.15, 0.2) is 162 Å². The normalized spacial score (nSPS) is 16.7. The molecule has 0 radical (unpaired) electrons. The molecule has 0 saturated carbocycles. The Labute approximate surface area is 406 Å². The van der Waals surface area contributed by atoms with Crippen LogP contribution in [0.4, 0.5) is 11.4 Å². The van der Waals surface area contributed by atoms with Crippen molar-refractivity contribution in [1.29, 1.82) is 0 Å². The van der Waals surface area contributed by atoms with Crippen molar-refractivity contribution in [3.05, 3.63) is 186 Å². The minimum atomic E-state index is -0.131. The number of fused-ring (bicyclic) bond motifs is 13. The maximum absolute atomic E-state index is 7.20. The molecule has 0 unspecified atom stereocenters. The van der Waals surface area contributed by atoms with Crippen LogP contribution in [0.2, 0.25) is 0 Å². The first kappa shape index (κ1) is 41.0. The highest BCUT2D eigenvalue weighted by molar-refractivity contribution is 6.94. The van der Waals surface area contributed by atoms with Gasteiger partial charge >= 0.3 is 6.85 Å². The highest BCUT2D eigenvalue weighted by Crippen LogP contribution is 2.55. The van der Waals surface area contributed by atoms with E-state index in [2.05, 4.69) is 229 Å². The smallest absolute Gasteiger partial charge is 0.333 e. The first-order chi connectivity index (χ1) is 33.1. The fourth-order valence-corrected chi connectivity index (χ4v) is 13.3. The lowest BCUT2D eigenvalue weighted by Gasteiger charge is -2.46. The number of nitrogens with zero attached hydrogens (tertiary/aromatic N) is 2. The minimum Gasteiger partial charge on any atom is -0.455 e. The maximum atomic E-state index is 7.20. The van der Waals surface area contributed by atoms with Gasteiger partial charge in [-0.3, -0.25) is 0 Å². The van der Waals surface area contributed by atoms with Crippen molar-refractivity contribution in [2.45, 2.75) is 96.8 Å². The average molecular weight is 893 g/mol. The molecule has 2 aliphatic heterocycles. The summed E-state index contributed by atoms with van der Waals surface area (Å²) in [5.41, 5.74) is 23.5. The second-order valence-corrected chi connectivity index (χ2v) is 23.5. The van der Waals surface area contributed by atoms with Gasteiger partial charge in [0, 0.05) is 60.7 Å². The van der Waals surface area contributed by atoms with Gasteiger partial charge in [0.25, 0.3) is 0 Å². The molecule has 0 atom stereocenters. The van der Waals surface area contributed by atoms with Crippen LogP contribution in [0.25, 0.3) is 83.2 Å². The SMILES string of the molecule is CC(C)(C)c1ccc(N2B3c4cc5c(-c6ccccc6)oc(-c6ccccc6)c5cc4-n4c5cc6c(cc5c5ccc(c3c54)-c3cc4c(cc32)C(C)(C)CCC4(C)C)C(C)(C)c2ccccc2-6)cc1. The molecule has 2 aliphatic carbocycles. The molecule has 14 rings (SSSR count). The van der Waals surface area contributed by atoms with Crippen molar-refractivity contribution in [1.82, 2.24) is 4.57 Å². The number of aromatic nitrogens is 1. The van der Waals surface area contributed by atoms with E-state index in [-0.39, 0.29) is 28.5 Å². The van der Waals surface area contributed by atoms with Gasteiger partial charge in [-0.2, -0.15) is 0 Å². The minimum absolute atomic E-state index is 0.0245. The Kier molecular flexibility index (Phi) is 8.08. The second-order valence-electron chi connectivity index (χ2n) is 23.5. The Hall–Kier alpha value is -7.04. The Morgan fingerprint density at radius 1 is 0.493 bits per heavy atom. The summed E-state index contributed by atoms with van der Waals surface area (Å²) < 4.78 is 9.86. The van der Waals surface area contributed by atoms with E-state index in [1.54, 1.807) is 0 Å². The molecule has 0 amide bonds. The topological polar surface area (TPSA) is 21.3 Å². The Morgan fingerprint density at radius 3 is 1.78 bits per heavy atom. The van der Waals surface area contributed by atoms with Gasteiger partial charge in [0.15, 0.2) is 0 Å². The molecular weight excluding hydrogens is 836 g/mol. The van der Waals surface area contributed by atoms with Gasteiger partial charge < -0.3 is 13.8 Å². The van der Waals surface area contributed by atoms with Crippen molar-refractivity contribution in [3.63, 3.8) is 0 Å². The molecule has 10 aromatic rings. The zero-order chi connectivity index (χ0) is 47.1. The molecule has 0 saturated heterocycles. The summed E-state index contributed by atoms with van der Waals surface area (Å²) in [5, 5.41) is 4.86. The van der Waals surface area contributed by atoms with Crippen LogP contribution in [0.5, 0.6) is 0 Å². The van der Waals surface area contributed by atoms with E-state index in [4.69, 9.17) is 4.42 Å². The van der Waals surface area contributed by atoms with Gasteiger partial charge in [0.05, 0.1) is 11.0 Å². The molecule has 3 nitrogen and oxygen atoms in total. The third-order valence-electron chi connectivity index (χ3n) is 17.2. The van der Waals surface area contributed by atoms with Crippen LogP contribution in [0, 0.1) is 0 Å². The number of rotatable bonds is 3. The number of furan rings is 1. The lowest BCUT2D eigenvalue weighted by atomic mass is 9.43. The highest BCUT2D eigenvalue weighted by atomic mass is 16.3. The highest BCUT2D eigenvalue weighted by Gasteiger charge is 2.47. The van der Waals surface area contributed by atoms with E-state index in [0.29, 0.717) is 0 Å². The van der Waals surface area contributed by atoms with Crippen LogP contribution in [0.1, 0.15) is 103 Å². The van der Waals surface area contributed by atoms with E-state index in [0.717, 1.165) is 39.8 Å². The summed E-state index contributed by atoms with van der Waals surface area (Å²) in [4.78, 5) is 2.73. The van der Waals surface area contributed by atoms with Crippen molar-refractivity contribution >= 4 is 61.7 Å². The summed E-state index contributed by atoms with van der Waals surface area (Å²) in [6, 6.07) is 60.3. The van der Waals surface area contributed by atoms with Gasteiger partial charge in [-0.1, -0.05) is 178 Å². The van der Waals surface area contributed by atoms with Gasteiger partial charge in [-0.15, -0.1) is 0 Å². The molecule has 4 aliphatic rings. The Balaban J connectivity index is 1.16. The fourth-order valence-electron chi connectivity index (χ4n) is 13.3. The predicted octanol–water partition coefficient (Wildman–Crippen LogP) is 16.1. The first-order valence-electron chi connectivity index (χ1n) is 25.2. The van der Waals surface area contributed by atoms with Crippen molar-refractivity contribution < 1.29 is 4.42 Å². The van der Waals surface area contributed by atoms with Crippen LogP contribution in [-0.4, -0.2) is 11.4 Å². The lowest BCUT2D eigenvalue weighted by molar-refractivity contribution is 0.332. The zero-order valence-corrected chi connectivity index (χ0v) is 41.3. The van der Waals surface area contributed by atoms with Crippen LogP contribution in [0.3, 0.4) is 0 Å². The summed E-state index contributed by atoms with van der Waals surface area (Å²) in [6.45, 7) is 21.5. The molecule has 0 bridgehead atoms. The van der Waals surface area contributed by atoms with Gasteiger partial charge in [0.2, 0.25) is 0 Å². The second kappa shape index (κ2) is 13.6. The van der Waals surface area contributed by atoms with Crippen molar-refractivity contribution in [2.24, 2.45) is 0 Å². The van der Waals surface area contributed by atoms with E-state index in [1.807, 2.05) is 0 Å². The number of hydrogen-bond donors (Lipinski definition) is 0. The summed E-state index contributed by atoms with van der Waals surface area (Å²) in [5.74, 6) is 1.80. The van der Waals surface area contributed by atoms with E-state index in [1.165, 1.54) is 106 Å². The molecule has 69 heavy (non-hydrogen) atoms. The van der Waals surface area contributed by atoms with Crippen molar-refractivity contribution in [2.75, 3.05) is 4.81 Å². The zero-order valence-electron chi connectivity index (χ0n) is 41.3. The quantitative estimate of drug-likeness (QED) is 0.165. The maximum Gasteiger partial charge on any atom is 0.333 e. The first-order valence-corrected chi connectivity index (χ1v) is 25.2. The van der Waals surface area contributed by atoms with Crippen LogP contribution < -0.4 is 15.7 Å². The molecule has 4 heterocycles. The predicted molar refractivity (Wildman–Crippen MR) is 292 cm³/mol.